The molecule has 0 saturated carbocycles. The van der Waals surface area contributed by atoms with E-state index in [1.54, 1.807) is 79.1 Å². The monoisotopic (exact) mass is 570 g/mol. The molecule has 0 bridgehead atoms. The van der Waals surface area contributed by atoms with Crippen molar-refractivity contribution in [1.82, 2.24) is 14.7 Å². The van der Waals surface area contributed by atoms with Crippen LogP contribution in [0.15, 0.2) is 48.5 Å². The van der Waals surface area contributed by atoms with Gasteiger partial charge in [-0.25, -0.2) is 0 Å². The summed E-state index contributed by atoms with van der Waals surface area (Å²) in [7, 11) is 1.55. The van der Waals surface area contributed by atoms with Crippen molar-refractivity contribution in [2.75, 3.05) is 23.9 Å². The molecule has 1 aromatic heterocycles. The van der Waals surface area contributed by atoms with Crippen LogP contribution in [-0.2, 0) is 16.1 Å². The van der Waals surface area contributed by atoms with Crippen LogP contribution < -0.4 is 15.0 Å². The summed E-state index contributed by atoms with van der Waals surface area (Å²) in [5.74, 6) is -0.0630. The first kappa shape index (κ1) is 28.0. The maximum atomic E-state index is 13.6. The van der Waals surface area contributed by atoms with Gasteiger partial charge in [0.25, 0.3) is 5.91 Å². The van der Waals surface area contributed by atoms with E-state index in [1.807, 2.05) is 0 Å². The molecular weight excluding hydrogens is 544 g/mol. The number of carbonyl (C=O) groups is 2. The number of hydrogen-bond acceptors (Lipinski definition) is 7. The Morgan fingerprint density at radius 3 is 2.54 bits per heavy atom. The molecule has 1 N–H and O–H groups in total. The summed E-state index contributed by atoms with van der Waals surface area (Å²) in [6.45, 7) is 3.95. The van der Waals surface area contributed by atoms with Crippen molar-refractivity contribution in [3.05, 3.63) is 75.1 Å². The predicted octanol–water partition coefficient (Wildman–Crippen LogP) is 4.49. The van der Waals surface area contributed by atoms with Crippen molar-refractivity contribution in [1.29, 1.82) is 0 Å². The number of hydrogen-bond donors (Lipinski definition) is 1. The summed E-state index contributed by atoms with van der Waals surface area (Å²) in [6.07, 6.45) is 0.346. The molecule has 1 aliphatic heterocycles. The first-order valence-electron chi connectivity index (χ1n) is 12.1. The lowest BCUT2D eigenvalue weighted by Gasteiger charge is -2.24. The van der Waals surface area contributed by atoms with Gasteiger partial charge in [0, 0.05) is 23.8 Å². The van der Waals surface area contributed by atoms with Crippen LogP contribution in [-0.4, -0.2) is 56.2 Å². The fourth-order valence-electron chi connectivity index (χ4n) is 4.57. The van der Waals surface area contributed by atoms with Gasteiger partial charge >= 0.3 is 5.69 Å². The van der Waals surface area contributed by atoms with Crippen molar-refractivity contribution in [3.8, 4) is 5.75 Å². The molecule has 1 saturated heterocycles. The van der Waals surface area contributed by atoms with Crippen molar-refractivity contribution in [3.63, 3.8) is 0 Å². The van der Waals surface area contributed by atoms with E-state index in [9.17, 15) is 19.7 Å². The van der Waals surface area contributed by atoms with Gasteiger partial charge in [-0.05, 0) is 75.0 Å². The van der Waals surface area contributed by atoms with Gasteiger partial charge in [-0.2, -0.15) is 5.10 Å². The molecule has 39 heavy (non-hydrogen) atoms. The number of aryl methyl sites for hydroxylation is 2. The lowest BCUT2D eigenvalue weighted by atomic mass is 10.1. The number of nitro groups is 1. The van der Waals surface area contributed by atoms with E-state index in [1.165, 1.54) is 4.90 Å². The van der Waals surface area contributed by atoms with E-state index in [0.717, 1.165) is 0 Å². The molecule has 0 spiro atoms. The third-order valence-electron chi connectivity index (χ3n) is 6.43. The summed E-state index contributed by atoms with van der Waals surface area (Å²) in [5, 5.41) is 19.2. The Morgan fingerprint density at radius 1 is 1.21 bits per heavy atom. The van der Waals surface area contributed by atoms with E-state index in [4.69, 9.17) is 28.6 Å². The molecule has 4 rings (SSSR count). The number of halogens is 1. The van der Waals surface area contributed by atoms with E-state index in [0.29, 0.717) is 53.0 Å². The van der Waals surface area contributed by atoms with Crippen LogP contribution in [0, 0.1) is 24.0 Å². The number of rotatable bonds is 10. The van der Waals surface area contributed by atoms with Gasteiger partial charge in [0.05, 0.1) is 24.1 Å². The molecule has 2 aromatic carbocycles. The predicted molar refractivity (Wildman–Crippen MR) is 151 cm³/mol. The van der Waals surface area contributed by atoms with Gasteiger partial charge in [0.15, 0.2) is 5.11 Å². The fraction of sp³-hybridized carbons (Fsp3) is 0.308. The highest BCUT2D eigenvalue weighted by atomic mass is 35.5. The SMILES string of the molecule is COc1ccc(N2C(=O)C(CC(=O)Nc3cccc(Cl)c3)N(CCCn3nc(C)c([N+](=O)[O-])c3C)C2=S)cc1. The van der Waals surface area contributed by atoms with Gasteiger partial charge in [0.1, 0.15) is 23.2 Å². The molecule has 0 radical (unpaired) electrons. The summed E-state index contributed by atoms with van der Waals surface area (Å²) in [4.78, 5) is 40.6. The fourth-order valence-corrected chi connectivity index (χ4v) is 5.17. The number of nitrogens with one attached hydrogen (secondary N) is 1. The molecule has 1 unspecified atom stereocenters. The van der Waals surface area contributed by atoms with Gasteiger partial charge in [-0.3, -0.25) is 29.3 Å². The molecule has 11 nitrogen and oxygen atoms in total. The average molecular weight is 571 g/mol. The minimum Gasteiger partial charge on any atom is -0.497 e. The van der Waals surface area contributed by atoms with Gasteiger partial charge < -0.3 is 15.0 Å². The highest BCUT2D eigenvalue weighted by Crippen LogP contribution is 2.29. The number of nitrogens with zero attached hydrogens (tertiary/aromatic N) is 5. The van der Waals surface area contributed by atoms with Crippen LogP contribution in [0.25, 0.3) is 0 Å². The average Bonchev–Trinajstić information content (AvgIpc) is 3.30. The van der Waals surface area contributed by atoms with Crippen LogP contribution in [0.2, 0.25) is 5.02 Å². The first-order chi connectivity index (χ1) is 18.6. The maximum absolute atomic E-state index is 13.6. The Bertz CT molecular complexity index is 1430. The molecule has 13 heteroatoms. The molecule has 3 aromatic rings. The van der Waals surface area contributed by atoms with Crippen LogP contribution >= 0.6 is 23.8 Å². The van der Waals surface area contributed by atoms with Crippen molar-refractivity contribution in [2.45, 2.75) is 39.3 Å². The number of amides is 2. The third-order valence-corrected chi connectivity index (χ3v) is 7.08. The van der Waals surface area contributed by atoms with Crippen molar-refractivity contribution in [2.24, 2.45) is 0 Å². The zero-order valence-corrected chi connectivity index (χ0v) is 23.2. The molecule has 1 fully saturated rings. The molecule has 204 valence electrons. The van der Waals surface area contributed by atoms with Crippen LogP contribution in [0.3, 0.4) is 0 Å². The molecule has 1 aliphatic rings. The van der Waals surface area contributed by atoms with Crippen molar-refractivity contribution < 1.29 is 19.2 Å². The van der Waals surface area contributed by atoms with Gasteiger partial charge in [-0.15, -0.1) is 0 Å². The van der Waals surface area contributed by atoms with Crippen LogP contribution in [0.5, 0.6) is 5.75 Å². The highest BCUT2D eigenvalue weighted by molar-refractivity contribution is 7.80. The molecular formula is C26H27ClN6O5S. The number of methoxy groups -OCH3 is 1. The molecule has 1 atom stereocenters. The lowest BCUT2D eigenvalue weighted by Crippen LogP contribution is -2.38. The number of carbonyl (C=O) groups excluding carboxylic acids is 2. The lowest BCUT2D eigenvalue weighted by molar-refractivity contribution is -0.386. The summed E-state index contributed by atoms with van der Waals surface area (Å²) in [5.41, 5.74) is 1.86. The summed E-state index contributed by atoms with van der Waals surface area (Å²) >= 11 is 11.7. The number of aromatic nitrogens is 2. The zero-order valence-electron chi connectivity index (χ0n) is 21.6. The second kappa shape index (κ2) is 11.8. The minimum atomic E-state index is -0.839. The van der Waals surface area contributed by atoms with E-state index >= 15 is 0 Å². The minimum absolute atomic E-state index is 0.0110. The number of ether oxygens (including phenoxy) is 1. The Hall–Kier alpha value is -4.03. The Kier molecular flexibility index (Phi) is 8.46. The van der Waals surface area contributed by atoms with E-state index in [-0.39, 0.29) is 29.0 Å². The highest BCUT2D eigenvalue weighted by Gasteiger charge is 2.44. The van der Waals surface area contributed by atoms with Crippen molar-refractivity contribution >= 4 is 57.8 Å². The topological polar surface area (TPSA) is 123 Å². The standard InChI is InChI=1S/C26H27ClN6O5S/c1-16-24(33(36)37)17(2)31(29-16)13-5-12-30-22(15-23(34)28-19-7-4-6-18(27)14-19)25(35)32(26(30)39)20-8-10-21(38-3)11-9-20/h4,6-11,14,22H,5,12-13,15H2,1-3H3,(H,28,34). The number of thiocarbonyl (C=S) groups is 1. The van der Waals surface area contributed by atoms with Gasteiger partial charge in [-0.1, -0.05) is 17.7 Å². The van der Waals surface area contributed by atoms with Crippen LogP contribution in [0.1, 0.15) is 24.2 Å². The molecule has 0 aliphatic carbocycles. The van der Waals surface area contributed by atoms with E-state index in [2.05, 4.69) is 10.4 Å². The smallest absolute Gasteiger partial charge is 0.312 e. The Morgan fingerprint density at radius 2 is 1.92 bits per heavy atom. The molecule has 2 heterocycles. The quantitative estimate of drug-likeness (QED) is 0.215. The largest absolute Gasteiger partial charge is 0.497 e. The zero-order chi connectivity index (χ0) is 28.3. The third kappa shape index (κ3) is 6.02. The first-order valence-corrected chi connectivity index (χ1v) is 12.9. The Labute approximate surface area is 235 Å². The van der Waals surface area contributed by atoms with E-state index < -0.39 is 11.0 Å². The second-order valence-electron chi connectivity index (χ2n) is 8.98. The summed E-state index contributed by atoms with van der Waals surface area (Å²) in [6, 6.07) is 12.8. The summed E-state index contributed by atoms with van der Waals surface area (Å²) < 4.78 is 6.80. The van der Waals surface area contributed by atoms with Crippen LogP contribution in [0.4, 0.5) is 17.1 Å². The maximum Gasteiger partial charge on any atom is 0.312 e. The van der Waals surface area contributed by atoms with Gasteiger partial charge in [0.2, 0.25) is 5.91 Å². The number of anilines is 2. The molecule has 2 amide bonds. The Balaban J connectivity index is 1.54. The normalized spacial score (nSPS) is 15.1. The number of benzene rings is 2. The second-order valence-corrected chi connectivity index (χ2v) is 9.78.